The fourth-order valence-electron chi connectivity index (χ4n) is 7.45. The van der Waals surface area contributed by atoms with Gasteiger partial charge in [-0.15, -0.1) is 11.3 Å². The second-order valence-corrected chi connectivity index (χ2v) is 14.1. The largest absolute Gasteiger partial charge is 0.311 e. The quantitative estimate of drug-likeness (QED) is 0.167. The van der Waals surface area contributed by atoms with Crippen LogP contribution in [-0.2, 0) is 0 Å². The average Bonchev–Trinajstić information content (AvgIpc) is 3.54. The second-order valence-electron chi connectivity index (χ2n) is 13.0. The standard InChI is InChI=1S/C48H31NS/c1-2-11-40(12-3-1)49(41-23-18-32(19-24-41)38-17-16-35-15-14-34-8-6-7-13-43(34)44(35)28-38)42-25-20-33(21-26-42)39-22-27-47-45(30-39)46-29-36-9-4-5-10-37(36)31-48(46)50-47/h1-31H. The molecule has 9 aromatic carbocycles. The Morgan fingerprint density at radius 3 is 1.46 bits per heavy atom. The molecule has 0 amide bonds. The van der Waals surface area contributed by atoms with Crippen LogP contribution < -0.4 is 4.90 Å². The molecule has 0 spiro atoms. The number of thiophene rings is 1. The van der Waals surface area contributed by atoms with Crippen molar-refractivity contribution in [3.05, 3.63) is 188 Å². The molecule has 0 saturated carbocycles. The Balaban J connectivity index is 1.00. The van der Waals surface area contributed by atoms with Crippen molar-refractivity contribution in [1.29, 1.82) is 0 Å². The summed E-state index contributed by atoms with van der Waals surface area (Å²) in [5.74, 6) is 0. The van der Waals surface area contributed by atoms with E-state index in [9.17, 15) is 0 Å². The Hall–Kier alpha value is -6.22. The van der Waals surface area contributed by atoms with Crippen molar-refractivity contribution in [2.45, 2.75) is 0 Å². The minimum Gasteiger partial charge on any atom is -0.311 e. The van der Waals surface area contributed by atoms with Crippen molar-refractivity contribution in [3.8, 4) is 22.3 Å². The van der Waals surface area contributed by atoms with E-state index in [0.717, 1.165) is 17.1 Å². The summed E-state index contributed by atoms with van der Waals surface area (Å²) in [6, 6.07) is 68.7. The van der Waals surface area contributed by atoms with Crippen LogP contribution in [0.15, 0.2) is 188 Å². The van der Waals surface area contributed by atoms with E-state index in [2.05, 4.69) is 193 Å². The first-order valence-electron chi connectivity index (χ1n) is 17.1. The molecule has 234 valence electrons. The first kappa shape index (κ1) is 28.8. The number of nitrogens with zero attached hydrogens (tertiary/aromatic N) is 1. The maximum absolute atomic E-state index is 2.36. The highest BCUT2D eigenvalue weighted by Gasteiger charge is 2.14. The first-order chi connectivity index (χ1) is 24.7. The molecule has 0 radical (unpaired) electrons. The summed E-state index contributed by atoms with van der Waals surface area (Å²) in [6.07, 6.45) is 0. The smallest absolute Gasteiger partial charge is 0.0462 e. The molecule has 1 aromatic heterocycles. The molecule has 0 N–H and O–H groups in total. The maximum Gasteiger partial charge on any atom is 0.0462 e. The number of anilines is 3. The average molecular weight is 654 g/mol. The molecule has 10 aromatic rings. The lowest BCUT2D eigenvalue weighted by Gasteiger charge is -2.26. The van der Waals surface area contributed by atoms with E-state index in [1.807, 2.05) is 11.3 Å². The number of benzene rings is 9. The Bertz CT molecular complexity index is 2850. The third-order valence-electron chi connectivity index (χ3n) is 10.0. The summed E-state index contributed by atoms with van der Waals surface area (Å²) in [4.78, 5) is 2.34. The fraction of sp³-hybridized carbons (Fsp3) is 0. The van der Waals surface area contributed by atoms with Gasteiger partial charge in [0.05, 0.1) is 0 Å². The van der Waals surface area contributed by atoms with Crippen molar-refractivity contribution < 1.29 is 0 Å². The van der Waals surface area contributed by atoms with Gasteiger partial charge in [-0.25, -0.2) is 0 Å². The third-order valence-corrected chi connectivity index (χ3v) is 11.1. The molecule has 10 rings (SSSR count). The summed E-state index contributed by atoms with van der Waals surface area (Å²) in [7, 11) is 0. The van der Waals surface area contributed by atoms with Crippen LogP contribution in [0.3, 0.4) is 0 Å². The fourth-order valence-corrected chi connectivity index (χ4v) is 8.57. The van der Waals surface area contributed by atoms with Crippen molar-refractivity contribution >= 4 is 80.9 Å². The van der Waals surface area contributed by atoms with Crippen LogP contribution in [-0.4, -0.2) is 0 Å². The van der Waals surface area contributed by atoms with E-state index in [4.69, 9.17) is 0 Å². The van der Waals surface area contributed by atoms with Gasteiger partial charge in [0.25, 0.3) is 0 Å². The van der Waals surface area contributed by atoms with Gasteiger partial charge in [-0.05, 0) is 121 Å². The SMILES string of the molecule is c1ccc(N(c2ccc(-c3ccc4ccc5ccccc5c4c3)cc2)c2ccc(-c3ccc4sc5cc6ccccc6cc5c4c3)cc2)cc1. The van der Waals surface area contributed by atoms with E-state index in [1.165, 1.54) is 74.7 Å². The van der Waals surface area contributed by atoms with Gasteiger partial charge in [0, 0.05) is 37.2 Å². The molecule has 0 aliphatic rings. The number of fused-ring (bicyclic) bond motifs is 7. The predicted octanol–water partition coefficient (Wildman–Crippen LogP) is 14.3. The second kappa shape index (κ2) is 11.7. The third kappa shape index (κ3) is 4.92. The molecule has 0 aliphatic heterocycles. The lowest BCUT2D eigenvalue weighted by Crippen LogP contribution is -2.09. The Morgan fingerprint density at radius 1 is 0.280 bits per heavy atom. The van der Waals surface area contributed by atoms with Crippen molar-refractivity contribution in [2.24, 2.45) is 0 Å². The molecule has 50 heavy (non-hydrogen) atoms. The molecule has 0 atom stereocenters. The van der Waals surface area contributed by atoms with Crippen molar-refractivity contribution in [2.75, 3.05) is 4.90 Å². The summed E-state index contributed by atoms with van der Waals surface area (Å²) in [5.41, 5.74) is 8.24. The minimum atomic E-state index is 1.12. The van der Waals surface area contributed by atoms with Gasteiger partial charge in [-0.1, -0.05) is 121 Å². The first-order valence-corrected chi connectivity index (χ1v) is 17.9. The summed E-state index contributed by atoms with van der Waals surface area (Å²) in [6.45, 7) is 0. The van der Waals surface area contributed by atoms with Gasteiger partial charge in [0.2, 0.25) is 0 Å². The topological polar surface area (TPSA) is 3.24 Å². The predicted molar refractivity (Wildman–Crippen MR) is 217 cm³/mol. The van der Waals surface area contributed by atoms with Crippen LogP contribution in [0.2, 0.25) is 0 Å². The molecule has 2 heteroatoms. The summed E-state index contributed by atoms with van der Waals surface area (Å²) >= 11 is 1.88. The Morgan fingerprint density at radius 2 is 0.760 bits per heavy atom. The minimum absolute atomic E-state index is 1.12. The molecule has 1 nitrogen and oxygen atoms in total. The van der Waals surface area contributed by atoms with Gasteiger partial charge in [0.15, 0.2) is 0 Å². The van der Waals surface area contributed by atoms with Crippen LogP contribution in [0.25, 0.3) is 74.7 Å². The van der Waals surface area contributed by atoms with E-state index < -0.39 is 0 Å². The molecule has 0 aliphatic carbocycles. The van der Waals surface area contributed by atoms with Gasteiger partial charge in [-0.3, -0.25) is 0 Å². The lowest BCUT2D eigenvalue weighted by atomic mass is 9.97. The zero-order valence-corrected chi connectivity index (χ0v) is 28.1. The normalized spacial score (nSPS) is 11.6. The zero-order valence-electron chi connectivity index (χ0n) is 27.3. The van der Waals surface area contributed by atoms with Gasteiger partial charge < -0.3 is 4.90 Å². The van der Waals surface area contributed by atoms with Crippen LogP contribution in [0.5, 0.6) is 0 Å². The molecular weight excluding hydrogens is 623 g/mol. The van der Waals surface area contributed by atoms with E-state index in [-0.39, 0.29) is 0 Å². The van der Waals surface area contributed by atoms with Gasteiger partial charge in [0.1, 0.15) is 0 Å². The molecule has 1 heterocycles. The molecule has 0 fully saturated rings. The van der Waals surface area contributed by atoms with E-state index >= 15 is 0 Å². The highest BCUT2D eigenvalue weighted by atomic mass is 32.1. The molecule has 0 unspecified atom stereocenters. The zero-order chi connectivity index (χ0) is 33.0. The lowest BCUT2D eigenvalue weighted by molar-refractivity contribution is 1.28. The van der Waals surface area contributed by atoms with Crippen LogP contribution in [0, 0.1) is 0 Å². The maximum atomic E-state index is 2.36. The highest BCUT2D eigenvalue weighted by Crippen LogP contribution is 2.40. The number of para-hydroxylation sites is 1. The molecule has 0 saturated heterocycles. The monoisotopic (exact) mass is 653 g/mol. The Labute approximate surface area is 294 Å². The van der Waals surface area contributed by atoms with Crippen molar-refractivity contribution in [3.63, 3.8) is 0 Å². The van der Waals surface area contributed by atoms with Gasteiger partial charge in [-0.2, -0.15) is 0 Å². The number of hydrogen-bond donors (Lipinski definition) is 0. The van der Waals surface area contributed by atoms with Crippen LogP contribution in [0.1, 0.15) is 0 Å². The number of hydrogen-bond acceptors (Lipinski definition) is 2. The Kier molecular flexibility index (Phi) is 6.75. The molecule has 0 bridgehead atoms. The molecular formula is C48H31NS. The van der Waals surface area contributed by atoms with Crippen molar-refractivity contribution in [1.82, 2.24) is 0 Å². The van der Waals surface area contributed by atoms with E-state index in [0.29, 0.717) is 0 Å². The highest BCUT2D eigenvalue weighted by molar-refractivity contribution is 7.25. The van der Waals surface area contributed by atoms with Crippen LogP contribution in [0.4, 0.5) is 17.1 Å². The van der Waals surface area contributed by atoms with E-state index in [1.54, 1.807) is 0 Å². The summed E-state index contributed by atoms with van der Waals surface area (Å²) < 4.78 is 2.66. The summed E-state index contributed by atoms with van der Waals surface area (Å²) in [5, 5.41) is 10.3. The van der Waals surface area contributed by atoms with Crippen LogP contribution >= 0.6 is 11.3 Å². The van der Waals surface area contributed by atoms with Gasteiger partial charge >= 0.3 is 0 Å². The number of rotatable bonds is 5.